The molecule has 0 bridgehead atoms. The molecule has 0 aliphatic rings. The van der Waals surface area contributed by atoms with Crippen molar-refractivity contribution in [1.29, 1.82) is 0 Å². The van der Waals surface area contributed by atoms with Crippen molar-refractivity contribution in [2.45, 2.75) is 19.9 Å². The lowest BCUT2D eigenvalue weighted by molar-refractivity contribution is 0.0891. The summed E-state index contributed by atoms with van der Waals surface area (Å²) < 4.78 is 1.56. The molecule has 1 amide bonds. The van der Waals surface area contributed by atoms with Gasteiger partial charge in [0.15, 0.2) is 5.69 Å². The van der Waals surface area contributed by atoms with Gasteiger partial charge in [-0.2, -0.15) is 5.10 Å². The molecule has 4 N–H and O–H groups in total. The minimum absolute atomic E-state index is 0.101. The number of carbonyl (C=O) groups is 1. The number of nitrogens with two attached hydrogens (primary N) is 1. The topological polar surface area (TPSA) is 93.2 Å². The maximum atomic E-state index is 12.1. The zero-order chi connectivity index (χ0) is 15.4. The average Bonchev–Trinajstić information content (AvgIpc) is 2.94. The second-order valence-corrected chi connectivity index (χ2v) is 5.21. The van der Waals surface area contributed by atoms with Crippen LogP contribution < -0.4 is 11.1 Å². The first kappa shape index (κ1) is 15.1. The minimum Gasteiger partial charge on any atom is -0.397 e. The Bertz CT molecular complexity index is 622. The summed E-state index contributed by atoms with van der Waals surface area (Å²) in [5, 5.41) is 16.3. The van der Waals surface area contributed by atoms with Gasteiger partial charge in [0.2, 0.25) is 0 Å². The summed E-state index contributed by atoms with van der Waals surface area (Å²) in [4.78, 5) is 12.1. The first-order valence-corrected chi connectivity index (χ1v) is 6.85. The smallest absolute Gasteiger partial charge is 0.272 e. The fourth-order valence-electron chi connectivity index (χ4n) is 1.94. The van der Waals surface area contributed by atoms with Crippen molar-refractivity contribution in [3.63, 3.8) is 0 Å². The van der Waals surface area contributed by atoms with E-state index in [1.54, 1.807) is 23.0 Å². The Morgan fingerprint density at radius 2 is 2.10 bits per heavy atom. The van der Waals surface area contributed by atoms with Crippen LogP contribution in [0.15, 0.2) is 36.5 Å². The zero-order valence-corrected chi connectivity index (χ0v) is 12.2. The third-order valence-corrected chi connectivity index (χ3v) is 3.32. The molecule has 2 rings (SSSR count). The highest BCUT2D eigenvalue weighted by atomic mass is 16.3. The molecular formula is C15H20N4O2. The van der Waals surface area contributed by atoms with Gasteiger partial charge in [-0.1, -0.05) is 26.0 Å². The summed E-state index contributed by atoms with van der Waals surface area (Å²) in [6.45, 7) is 3.77. The van der Waals surface area contributed by atoms with Gasteiger partial charge in [-0.25, -0.2) is 4.68 Å². The van der Waals surface area contributed by atoms with Crippen LogP contribution in [-0.4, -0.2) is 33.4 Å². The first-order chi connectivity index (χ1) is 10.0. The number of carbonyl (C=O) groups excluding carboxylic acids is 1. The number of aliphatic hydroxyl groups is 1. The van der Waals surface area contributed by atoms with Gasteiger partial charge in [0.05, 0.1) is 24.0 Å². The fourth-order valence-corrected chi connectivity index (χ4v) is 1.94. The number of anilines is 1. The number of amides is 1. The molecule has 0 radical (unpaired) electrons. The second-order valence-electron chi connectivity index (χ2n) is 5.21. The minimum atomic E-state index is -0.309. The molecule has 0 aliphatic heterocycles. The molecule has 1 heterocycles. The highest BCUT2D eigenvalue weighted by molar-refractivity contribution is 5.92. The van der Waals surface area contributed by atoms with Gasteiger partial charge in [-0.15, -0.1) is 0 Å². The summed E-state index contributed by atoms with van der Waals surface area (Å²) in [7, 11) is 0. The van der Waals surface area contributed by atoms with Crippen LogP contribution in [0.5, 0.6) is 0 Å². The quantitative estimate of drug-likeness (QED) is 0.721. The number of benzene rings is 1. The lowest BCUT2D eigenvalue weighted by atomic mass is 10.1. The van der Waals surface area contributed by atoms with Crippen molar-refractivity contribution in [3.05, 3.63) is 42.2 Å². The number of aliphatic hydroxyl groups excluding tert-OH is 1. The van der Waals surface area contributed by atoms with E-state index in [9.17, 15) is 9.90 Å². The van der Waals surface area contributed by atoms with Crippen molar-refractivity contribution in [1.82, 2.24) is 15.1 Å². The third kappa shape index (κ3) is 3.41. The SMILES string of the molecule is CC(C)C(CO)NC(=O)c1ccn(-c2ccccc2N)n1. The van der Waals surface area contributed by atoms with Crippen LogP contribution in [0.4, 0.5) is 5.69 Å². The normalized spacial score (nSPS) is 12.4. The standard InChI is InChI=1S/C15H20N4O2/c1-10(2)13(9-20)17-15(21)12-7-8-19(18-12)14-6-4-3-5-11(14)16/h3-8,10,13,20H,9,16H2,1-2H3,(H,17,21). The van der Waals surface area contributed by atoms with Gasteiger partial charge in [0.1, 0.15) is 0 Å². The van der Waals surface area contributed by atoms with E-state index in [-0.39, 0.29) is 30.2 Å². The highest BCUT2D eigenvalue weighted by Crippen LogP contribution is 2.15. The van der Waals surface area contributed by atoms with Crippen LogP contribution >= 0.6 is 0 Å². The molecule has 0 saturated heterocycles. The van der Waals surface area contributed by atoms with E-state index in [1.165, 1.54) is 0 Å². The zero-order valence-electron chi connectivity index (χ0n) is 12.2. The Balaban J connectivity index is 2.17. The first-order valence-electron chi connectivity index (χ1n) is 6.85. The van der Waals surface area contributed by atoms with Crippen LogP contribution in [0.25, 0.3) is 5.69 Å². The predicted octanol–water partition coefficient (Wildman–Crippen LogP) is 1.20. The van der Waals surface area contributed by atoms with E-state index in [0.717, 1.165) is 5.69 Å². The van der Waals surface area contributed by atoms with Crippen LogP contribution in [0.1, 0.15) is 24.3 Å². The Morgan fingerprint density at radius 3 is 2.71 bits per heavy atom. The van der Waals surface area contributed by atoms with E-state index in [2.05, 4.69) is 10.4 Å². The largest absolute Gasteiger partial charge is 0.397 e. The molecule has 0 aliphatic carbocycles. The Kier molecular flexibility index (Phi) is 4.59. The van der Waals surface area contributed by atoms with E-state index in [4.69, 9.17) is 5.73 Å². The number of hydrogen-bond acceptors (Lipinski definition) is 4. The molecule has 6 nitrogen and oxygen atoms in total. The number of nitrogens with zero attached hydrogens (tertiary/aromatic N) is 2. The molecule has 1 aromatic carbocycles. The molecule has 0 spiro atoms. The number of hydrogen-bond donors (Lipinski definition) is 3. The van der Waals surface area contributed by atoms with Crippen molar-refractivity contribution >= 4 is 11.6 Å². The molecule has 112 valence electrons. The van der Waals surface area contributed by atoms with Crippen molar-refractivity contribution in [2.24, 2.45) is 5.92 Å². The van der Waals surface area contributed by atoms with Crippen molar-refractivity contribution < 1.29 is 9.90 Å². The number of aromatic nitrogens is 2. The summed E-state index contributed by atoms with van der Waals surface area (Å²) in [5.41, 5.74) is 7.48. The van der Waals surface area contributed by atoms with E-state index < -0.39 is 0 Å². The van der Waals surface area contributed by atoms with Gasteiger partial charge < -0.3 is 16.2 Å². The molecule has 21 heavy (non-hydrogen) atoms. The van der Waals surface area contributed by atoms with Gasteiger partial charge in [0, 0.05) is 6.20 Å². The van der Waals surface area contributed by atoms with Crippen molar-refractivity contribution in [2.75, 3.05) is 12.3 Å². The average molecular weight is 288 g/mol. The molecule has 1 aromatic heterocycles. The molecule has 1 unspecified atom stereocenters. The van der Waals surface area contributed by atoms with E-state index >= 15 is 0 Å². The monoisotopic (exact) mass is 288 g/mol. The van der Waals surface area contributed by atoms with Crippen LogP contribution in [0, 0.1) is 5.92 Å². The molecular weight excluding hydrogens is 268 g/mol. The molecule has 6 heteroatoms. The molecule has 2 aromatic rings. The number of nitrogen functional groups attached to an aromatic ring is 1. The fraction of sp³-hybridized carbons (Fsp3) is 0.333. The molecule has 0 saturated carbocycles. The van der Waals surface area contributed by atoms with Gasteiger partial charge in [-0.05, 0) is 24.1 Å². The lowest BCUT2D eigenvalue weighted by Crippen LogP contribution is -2.41. The second kappa shape index (κ2) is 6.41. The molecule has 1 atom stereocenters. The summed E-state index contributed by atoms with van der Waals surface area (Å²) in [6.07, 6.45) is 1.68. The highest BCUT2D eigenvalue weighted by Gasteiger charge is 2.18. The van der Waals surface area contributed by atoms with Crippen LogP contribution in [0.3, 0.4) is 0 Å². The summed E-state index contributed by atoms with van der Waals surface area (Å²) in [5.74, 6) is -0.165. The maximum Gasteiger partial charge on any atom is 0.272 e. The summed E-state index contributed by atoms with van der Waals surface area (Å²) >= 11 is 0. The van der Waals surface area contributed by atoms with Crippen LogP contribution in [-0.2, 0) is 0 Å². The third-order valence-electron chi connectivity index (χ3n) is 3.32. The van der Waals surface area contributed by atoms with Crippen molar-refractivity contribution in [3.8, 4) is 5.69 Å². The molecule has 0 fully saturated rings. The Morgan fingerprint density at radius 1 is 1.38 bits per heavy atom. The lowest BCUT2D eigenvalue weighted by Gasteiger charge is -2.19. The Labute approximate surface area is 123 Å². The number of para-hydroxylation sites is 2. The van der Waals surface area contributed by atoms with Crippen LogP contribution in [0.2, 0.25) is 0 Å². The Hall–Kier alpha value is -2.34. The van der Waals surface area contributed by atoms with E-state index in [0.29, 0.717) is 5.69 Å². The van der Waals surface area contributed by atoms with Gasteiger partial charge >= 0.3 is 0 Å². The van der Waals surface area contributed by atoms with Gasteiger partial charge in [0.25, 0.3) is 5.91 Å². The number of nitrogens with one attached hydrogen (secondary N) is 1. The summed E-state index contributed by atoms with van der Waals surface area (Å²) in [6, 6.07) is 8.63. The number of rotatable bonds is 5. The maximum absolute atomic E-state index is 12.1. The van der Waals surface area contributed by atoms with Gasteiger partial charge in [-0.3, -0.25) is 4.79 Å². The van der Waals surface area contributed by atoms with E-state index in [1.807, 2.05) is 32.0 Å². The predicted molar refractivity (Wildman–Crippen MR) is 81.2 cm³/mol.